The third-order valence-electron chi connectivity index (χ3n) is 3.71. The van der Waals surface area contributed by atoms with Crippen molar-refractivity contribution in [2.24, 2.45) is 5.92 Å². The lowest BCUT2D eigenvalue weighted by molar-refractivity contribution is 0.0500. The lowest BCUT2D eigenvalue weighted by Crippen LogP contribution is -2.42. The van der Waals surface area contributed by atoms with Crippen LogP contribution in [0.15, 0.2) is 16.7 Å². The van der Waals surface area contributed by atoms with E-state index in [0.29, 0.717) is 31.2 Å². The maximum absolute atomic E-state index is 12.3. The molecule has 0 bridgehead atoms. The van der Waals surface area contributed by atoms with Crippen molar-refractivity contribution < 1.29 is 14.3 Å². The van der Waals surface area contributed by atoms with Crippen LogP contribution in [0, 0.1) is 5.92 Å². The number of rotatable bonds is 3. The van der Waals surface area contributed by atoms with Crippen molar-refractivity contribution in [3.63, 3.8) is 0 Å². The molecular formula is C16H24BrN3O3. The first-order valence-corrected chi connectivity index (χ1v) is 8.64. The minimum absolute atomic E-state index is 0.0225. The van der Waals surface area contributed by atoms with E-state index in [2.05, 4.69) is 26.2 Å². The maximum atomic E-state index is 12.3. The quantitative estimate of drug-likeness (QED) is 0.838. The number of aromatic amines is 1. The van der Waals surface area contributed by atoms with Crippen molar-refractivity contribution in [2.75, 3.05) is 19.6 Å². The monoisotopic (exact) mass is 385 g/mol. The van der Waals surface area contributed by atoms with E-state index in [9.17, 15) is 9.59 Å². The zero-order valence-corrected chi connectivity index (χ0v) is 15.4. The fraction of sp³-hybridized carbons (Fsp3) is 0.625. The first-order valence-electron chi connectivity index (χ1n) is 7.84. The maximum Gasteiger partial charge on any atom is 0.407 e. The summed E-state index contributed by atoms with van der Waals surface area (Å²) in [6.07, 6.45) is 3.13. The van der Waals surface area contributed by atoms with Crippen molar-refractivity contribution in [3.8, 4) is 0 Å². The number of likely N-dealkylation sites (tertiary alicyclic amines) is 1. The molecular weight excluding hydrogens is 362 g/mol. The predicted molar refractivity (Wildman–Crippen MR) is 91.4 cm³/mol. The summed E-state index contributed by atoms with van der Waals surface area (Å²) >= 11 is 3.33. The SMILES string of the molecule is CC(C)(C)OC(=O)NCC1CCN(C(=O)c2cc(Br)c[nH]2)CC1. The summed E-state index contributed by atoms with van der Waals surface area (Å²) in [5, 5.41) is 2.81. The zero-order valence-electron chi connectivity index (χ0n) is 13.8. The highest BCUT2D eigenvalue weighted by molar-refractivity contribution is 9.10. The molecule has 0 atom stereocenters. The van der Waals surface area contributed by atoms with Crippen LogP contribution < -0.4 is 5.32 Å². The van der Waals surface area contributed by atoms with Crippen LogP contribution in [0.1, 0.15) is 44.1 Å². The predicted octanol–water partition coefficient (Wildman–Crippen LogP) is 3.15. The molecule has 2 rings (SSSR count). The smallest absolute Gasteiger partial charge is 0.407 e. The summed E-state index contributed by atoms with van der Waals surface area (Å²) < 4.78 is 6.10. The van der Waals surface area contributed by atoms with Crippen LogP contribution in [0.5, 0.6) is 0 Å². The number of alkyl carbamates (subject to hydrolysis) is 1. The lowest BCUT2D eigenvalue weighted by Gasteiger charge is -2.32. The van der Waals surface area contributed by atoms with Crippen LogP contribution in [-0.2, 0) is 4.74 Å². The Morgan fingerprint density at radius 3 is 2.57 bits per heavy atom. The average molecular weight is 386 g/mol. The van der Waals surface area contributed by atoms with Crippen LogP contribution >= 0.6 is 15.9 Å². The number of carbonyl (C=O) groups excluding carboxylic acids is 2. The van der Waals surface area contributed by atoms with Crippen molar-refractivity contribution in [1.82, 2.24) is 15.2 Å². The lowest BCUT2D eigenvalue weighted by atomic mass is 9.96. The number of carbonyl (C=O) groups is 2. The van der Waals surface area contributed by atoms with E-state index in [-0.39, 0.29) is 12.0 Å². The van der Waals surface area contributed by atoms with Crippen molar-refractivity contribution >= 4 is 27.9 Å². The van der Waals surface area contributed by atoms with E-state index in [1.54, 1.807) is 12.3 Å². The van der Waals surface area contributed by atoms with Gasteiger partial charge >= 0.3 is 6.09 Å². The fourth-order valence-corrected chi connectivity index (χ4v) is 2.89. The number of hydrogen-bond donors (Lipinski definition) is 2. The molecule has 0 aromatic carbocycles. The molecule has 7 heteroatoms. The van der Waals surface area contributed by atoms with Crippen molar-refractivity contribution in [1.29, 1.82) is 0 Å². The zero-order chi connectivity index (χ0) is 17.0. The Balaban J connectivity index is 1.74. The van der Waals surface area contributed by atoms with Gasteiger partial charge in [0.05, 0.1) is 0 Å². The summed E-state index contributed by atoms with van der Waals surface area (Å²) in [6.45, 7) is 7.53. The minimum atomic E-state index is -0.482. The molecule has 1 fully saturated rings. The van der Waals surface area contributed by atoms with Gasteiger partial charge < -0.3 is 19.9 Å². The van der Waals surface area contributed by atoms with Crippen molar-refractivity contribution in [3.05, 3.63) is 22.4 Å². The van der Waals surface area contributed by atoms with Crippen LogP contribution in [0.25, 0.3) is 0 Å². The molecule has 1 aromatic heterocycles. The van der Waals surface area contributed by atoms with Gasteiger partial charge in [0.1, 0.15) is 11.3 Å². The number of halogens is 1. The van der Waals surface area contributed by atoms with Gasteiger partial charge in [0.15, 0.2) is 0 Å². The second-order valence-electron chi connectivity index (χ2n) is 6.85. The largest absolute Gasteiger partial charge is 0.444 e. The van der Waals surface area contributed by atoms with Gasteiger partial charge in [-0.3, -0.25) is 4.79 Å². The second kappa shape index (κ2) is 7.38. The molecule has 1 aliphatic heterocycles. The third kappa shape index (κ3) is 5.57. The molecule has 2 heterocycles. The molecule has 1 saturated heterocycles. The first kappa shape index (κ1) is 17.8. The van der Waals surface area contributed by atoms with Gasteiger partial charge in [-0.05, 0) is 61.5 Å². The summed E-state index contributed by atoms with van der Waals surface area (Å²) in [6, 6.07) is 1.79. The number of piperidine rings is 1. The van der Waals surface area contributed by atoms with Gasteiger partial charge in [-0.1, -0.05) is 0 Å². The molecule has 2 amide bonds. The van der Waals surface area contributed by atoms with E-state index in [0.717, 1.165) is 17.3 Å². The van der Waals surface area contributed by atoms with Gasteiger partial charge in [-0.2, -0.15) is 0 Å². The number of amides is 2. The summed E-state index contributed by atoms with van der Waals surface area (Å²) in [7, 11) is 0. The summed E-state index contributed by atoms with van der Waals surface area (Å²) in [4.78, 5) is 28.8. The number of ether oxygens (including phenoxy) is 1. The molecule has 23 heavy (non-hydrogen) atoms. The van der Waals surface area contributed by atoms with E-state index in [1.165, 1.54) is 0 Å². The normalized spacial score (nSPS) is 16.3. The van der Waals surface area contributed by atoms with Gasteiger partial charge in [0, 0.05) is 30.3 Å². The molecule has 0 radical (unpaired) electrons. The Morgan fingerprint density at radius 2 is 2.04 bits per heavy atom. The number of aromatic nitrogens is 1. The van der Waals surface area contributed by atoms with E-state index in [4.69, 9.17) is 4.74 Å². The molecule has 0 aliphatic carbocycles. The second-order valence-corrected chi connectivity index (χ2v) is 7.77. The summed E-state index contributed by atoms with van der Waals surface area (Å²) in [5.74, 6) is 0.399. The van der Waals surface area contributed by atoms with Gasteiger partial charge in [0.2, 0.25) is 0 Å². The Hall–Kier alpha value is -1.50. The minimum Gasteiger partial charge on any atom is -0.444 e. The van der Waals surface area contributed by atoms with Crippen LogP contribution in [-0.4, -0.2) is 47.1 Å². The van der Waals surface area contributed by atoms with Gasteiger partial charge in [-0.25, -0.2) is 4.79 Å². The first-order chi connectivity index (χ1) is 10.7. The molecule has 1 aliphatic rings. The standard InChI is InChI=1S/C16H24BrN3O3/c1-16(2,3)23-15(22)19-9-11-4-6-20(7-5-11)14(21)13-8-12(17)10-18-13/h8,10-11,18H,4-7,9H2,1-3H3,(H,19,22). The number of nitrogens with zero attached hydrogens (tertiary/aromatic N) is 1. The Kier molecular flexibility index (Phi) is 5.73. The molecule has 6 nitrogen and oxygen atoms in total. The Bertz CT molecular complexity index is 557. The van der Waals surface area contributed by atoms with E-state index in [1.807, 2.05) is 25.7 Å². The highest BCUT2D eigenvalue weighted by atomic mass is 79.9. The van der Waals surface area contributed by atoms with Crippen molar-refractivity contribution in [2.45, 2.75) is 39.2 Å². The number of H-pyrrole nitrogens is 1. The molecule has 2 N–H and O–H groups in total. The molecule has 0 saturated carbocycles. The van der Waals surface area contributed by atoms with Crippen LogP contribution in [0.4, 0.5) is 4.79 Å². The topological polar surface area (TPSA) is 74.4 Å². The summed E-state index contributed by atoms with van der Waals surface area (Å²) in [5.41, 5.74) is 0.117. The molecule has 128 valence electrons. The number of nitrogens with one attached hydrogen (secondary N) is 2. The van der Waals surface area contributed by atoms with E-state index >= 15 is 0 Å². The highest BCUT2D eigenvalue weighted by Crippen LogP contribution is 2.20. The van der Waals surface area contributed by atoms with Crippen LogP contribution in [0.3, 0.4) is 0 Å². The average Bonchev–Trinajstić information content (AvgIpc) is 2.90. The fourth-order valence-electron chi connectivity index (χ4n) is 2.54. The Labute approximate surface area is 145 Å². The Morgan fingerprint density at radius 1 is 1.39 bits per heavy atom. The molecule has 0 spiro atoms. The third-order valence-corrected chi connectivity index (χ3v) is 4.17. The van der Waals surface area contributed by atoms with Gasteiger partial charge in [-0.15, -0.1) is 0 Å². The van der Waals surface area contributed by atoms with Gasteiger partial charge in [0.25, 0.3) is 5.91 Å². The van der Waals surface area contributed by atoms with Crippen LogP contribution in [0.2, 0.25) is 0 Å². The van der Waals surface area contributed by atoms with E-state index < -0.39 is 5.60 Å². The molecule has 1 aromatic rings. The molecule has 0 unspecified atom stereocenters. The highest BCUT2D eigenvalue weighted by Gasteiger charge is 2.25. The number of hydrogen-bond acceptors (Lipinski definition) is 3.